The molecule has 7 nitrogen and oxygen atoms in total. The van der Waals surface area contributed by atoms with Gasteiger partial charge in [0, 0.05) is 39.3 Å². The van der Waals surface area contributed by atoms with Crippen molar-refractivity contribution in [3.8, 4) is 0 Å². The third kappa shape index (κ3) is 4.40. The highest BCUT2D eigenvalue weighted by molar-refractivity contribution is 7.86. The van der Waals surface area contributed by atoms with Crippen molar-refractivity contribution in [1.82, 2.24) is 13.5 Å². The standard InChI is InChI=1S/C16H31N3O4S/c1-5-23-15(20)17-10-12-19(13-11-17)24(21,22)18-8-6-14(7-9-18)16(2,3)4/h14H,5-13H2,1-4H3. The Hall–Kier alpha value is -0.860. The lowest BCUT2D eigenvalue weighted by Gasteiger charge is -2.41. The van der Waals surface area contributed by atoms with Crippen LogP contribution in [0.4, 0.5) is 4.79 Å². The normalized spacial score (nSPS) is 22.6. The van der Waals surface area contributed by atoms with Gasteiger partial charge in [-0.05, 0) is 31.1 Å². The number of amides is 1. The van der Waals surface area contributed by atoms with Crippen molar-refractivity contribution >= 4 is 16.3 Å². The van der Waals surface area contributed by atoms with Crippen LogP contribution in [0.5, 0.6) is 0 Å². The number of hydrogen-bond donors (Lipinski definition) is 0. The molecule has 0 atom stereocenters. The molecule has 140 valence electrons. The van der Waals surface area contributed by atoms with Gasteiger partial charge in [-0.25, -0.2) is 4.79 Å². The van der Waals surface area contributed by atoms with Crippen LogP contribution in [0.25, 0.3) is 0 Å². The first kappa shape index (κ1) is 19.5. The molecular formula is C16H31N3O4S. The maximum Gasteiger partial charge on any atom is 0.409 e. The topological polar surface area (TPSA) is 70.2 Å². The summed E-state index contributed by atoms with van der Waals surface area (Å²) in [6.45, 7) is 11.4. The number of ether oxygens (including phenoxy) is 1. The number of nitrogens with zero attached hydrogens (tertiary/aromatic N) is 3. The summed E-state index contributed by atoms with van der Waals surface area (Å²) in [6, 6.07) is 0. The molecule has 2 fully saturated rings. The quantitative estimate of drug-likeness (QED) is 0.768. The predicted molar refractivity (Wildman–Crippen MR) is 92.8 cm³/mol. The largest absolute Gasteiger partial charge is 0.450 e. The highest BCUT2D eigenvalue weighted by atomic mass is 32.2. The van der Waals surface area contributed by atoms with Crippen LogP contribution in [0, 0.1) is 11.3 Å². The maximum absolute atomic E-state index is 12.8. The zero-order chi connectivity index (χ0) is 18.0. The van der Waals surface area contributed by atoms with Crippen molar-refractivity contribution in [2.45, 2.75) is 40.5 Å². The molecule has 0 aromatic carbocycles. The SMILES string of the molecule is CCOC(=O)N1CCN(S(=O)(=O)N2CCC(C(C)(C)C)CC2)CC1. The van der Waals surface area contributed by atoms with Gasteiger partial charge >= 0.3 is 6.09 Å². The van der Waals surface area contributed by atoms with E-state index in [0.717, 1.165) is 12.8 Å². The van der Waals surface area contributed by atoms with Gasteiger partial charge in [0.15, 0.2) is 0 Å². The van der Waals surface area contributed by atoms with Crippen molar-refractivity contribution in [2.24, 2.45) is 11.3 Å². The molecule has 24 heavy (non-hydrogen) atoms. The molecule has 1 amide bonds. The van der Waals surface area contributed by atoms with E-state index in [4.69, 9.17) is 4.74 Å². The van der Waals surface area contributed by atoms with E-state index in [1.54, 1.807) is 16.1 Å². The summed E-state index contributed by atoms with van der Waals surface area (Å²) in [5, 5.41) is 0. The number of piperazine rings is 1. The van der Waals surface area contributed by atoms with Crippen LogP contribution in [0.2, 0.25) is 0 Å². The Morgan fingerprint density at radius 1 is 1.00 bits per heavy atom. The molecule has 0 aromatic rings. The summed E-state index contributed by atoms with van der Waals surface area (Å²) >= 11 is 0. The minimum Gasteiger partial charge on any atom is -0.450 e. The molecule has 0 spiro atoms. The molecule has 0 bridgehead atoms. The summed E-state index contributed by atoms with van der Waals surface area (Å²) in [4.78, 5) is 13.3. The van der Waals surface area contributed by atoms with Gasteiger partial charge in [0.05, 0.1) is 6.61 Å². The van der Waals surface area contributed by atoms with Crippen molar-refractivity contribution in [3.05, 3.63) is 0 Å². The maximum atomic E-state index is 12.8. The lowest BCUT2D eigenvalue weighted by molar-refractivity contribution is 0.0913. The van der Waals surface area contributed by atoms with E-state index in [-0.39, 0.29) is 11.5 Å². The number of hydrogen-bond acceptors (Lipinski definition) is 4. The number of rotatable bonds is 3. The van der Waals surface area contributed by atoms with Gasteiger partial charge in [0.25, 0.3) is 10.2 Å². The van der Waals surface area contributed by atoms with Gasteiger partial charge < -0.3 is 9.64 Å². The Morgan fingerprint density at radius 3 is 1.96 bits per heavy atom. The van der Waals surface area contributed by atoms with Gasteiger partial charge in [-0.15, -0.1) is 0 Å². The third-order valence-electron chi connectivity index (χ3n) is 5.10. The molecule has 2 saturated heterocycles. The molecule has 0 aliphatic carbocycles. The highest BCUT2D eigenvalue weighted by Gasteiger charge is 2.37. The Balaban J connectivity index is 1.90. The zero-order valence-corrected chi connectivity index (χ0v) is 16.1. The van der Waals surface area contributed by atoms with Crippen molar-refractivity contribution in [2.75, 3.05) is 45.9 Å². The second kappa shape index (κ2) is 7.58. The molecule has 0 radical (unpaired) electrons. The Kier molecular flexibility index (Phi) is 6.14. The van der Waals surface area contributed by atoms with E-state index in [0.29, 0.717) is 51.8 Å². The van der Waals surface area contributed by atoms with Crippen LogP contribution in [0.3, 0.4) is 0 Å². The Morgan fingerprint density at radius 2 is 1.50 bits per heavy atom. The van der Waals surface area contributed by atoms with Crippen molar-refractivity contribution in [3.63, 3.8) is 0 Å². The molecule has 0 saturated carbocycles. The summed E-state index contributed by atoms with van der Waals surface area (Å²) in [7, 11) is -3.43. The number of carbonyl (C=O) groups is 1. The van der Waals surface area contributed by atoms with E-state index in [2.05, 4.69) is 20.8 Å². The summed E-state index contributed by atoms with van der Waals surface area (Å²) in [6.07, 6.45) is 1.46. The van der Waals surface area contributed by atoms with Gasteiger partial charge in [0.2, 0.25) is 0 Å². The summed E-state index contributed by atoms with van der Waals surface area (Å²) in [5.74, 6) is 0.560. The van der Waals surface area contributed by atoms with E-state index >= 15 is 0 Å². The molecule has 2 aliphatic rings. The molecule has 2 rings (SSSR count). The molecule has 0 aromatic heterocycles. The fourth-order valence-electron chi connectivity index (χ4n) is 3.43. The highest BCUT2D eigenvalue weighted by Crippen LogP contribution is 2.35. The van der Waals surface area contributed by atoms with E-state index in [9.17, 15) is 13.2 Å². The van der Waals surface area contributed by atoms with E-state index < -0.39 is 10.2 Å². The lowest BCUT2D eigenvalue weighted by Crippen LogP contribution is -2.55. The predicted octanol–water partition coefficient (Wildman–Crippen LogP) is 1.76. The molecule has 0 N–H and O–H groups in total. The van der Waals surface area contributed by atoms with E-state index in [1.807, 2.05) is 0 Å². The summed E-state index contributed by atoms with van der Waals surface area (Å²) in [5.41, 5.74) is 0.223. The number of carbonyl (C=O) groups excluding carboxylic acids is 1. The van der Waals surface area contributed by atoms with Gasteiger partial charge in [-0.2, -0.15) is 17.0 Å². The third-order valence-corrected chi connectivity index (χ3v) is 7.13. The Labute approximate surface area is 146 Å². The fourth-order valence-corrected chi connectivity index (χ4v) is 5.06. The molecule has 2 aliphatic heterocycles. The second-order valence-electron chi connectivity index (χ2n) is 7.63. The van der Waals surface area contributed by atoms with Crippen LogP contribution in [-0.4, -0.2) is 73.9 Å². The molecular weight excluding hydrogens is 330 g/mol. The number of piperidine rings is 1. The van der Waals surface area contributed by atoms with Crippen LogP contribution in [-0.2, 0) is 14.9 Å². The minimum absolute atomic E-state index is 0.223. The first-order valence-corrected chi connectivity index (χ1v) is 10.2. The van der Waals surface area contributed by atoms with Crippen molar-refractivity contribution in [1.29, 1.82) is 0 Å². The summed E-state index contributed by atoms with van der Waals surface area (Å²) < 4.78 is 33.7. The minimum atomic E-state index is -3.43. The monoisotopic (exact) mass is 361 g/mol. The molecule has 0 unspecified atom stereocenters. The van der Waals surface area contributed by atoms with Crippen molar-refractivity contribution < 1.29 is 17.9 Å². The first-order chi connectivity index (χ1) is 11.2. The van der Waals surface area contributed by atoms with Crippen LogP contribution >= 0.6 is 0 Å². The zero-order valence-electron chi connectivity index (χ0n) is 15.3. The van der Waals surface area contributed by atoms with Gasteiger partial charge in [-0.1, -0.05) is 20.8 Å². The Bertz CT molecular complexity index is 528. The van der Waals surface area contributed by atoms with Crippen LogP contribution in [0.15, 0.2) is 0 Å². The van der Waals surface area contributed by atoms with Gasteiger partial charge in [-0.3, -0.25) is 0 Å². The van der Waals surface area contributed by atoms with Gasteiger partial charge in [0.1, 0.15) is 0 Å². The molecule has 2 heterocycles. The smallest absolute Gasteiger partial charge is 0.409 e. The fraction of sp³-hybridized carbons (Fsp3) is 0.938. The van der Waals surface area contributed by atoms with E-state index in [1.165, 1.54) is 4.31 Å². The van der Waals surface area contributed by atoms with Crippen LogP contribution < -0.4 is 0 Å². The lowest BCUT2D eigenvalue weighted by atomic mass is 9.76. The average Bonchev–Trinajstić information content (AvgIpc) is 2.54. The van der Waals surface area contributed by atoms with Crippen LogP contribution in [0.1, 0.15) is 40.5 Å². The average molecular weight is 362 g/mol. The second-order valence-corrected chi connectivity index (χ2v) is 9.56. The first-order valence-electron chi connectivity index (χ1n) is 8.83. The molecule has 8 heteroatoms.